The van der Waals surface area contributed by atoms with Gasteiger partial charge in [0.25, 0.3) is 0 Å². The lowest BCUT2D eigenvalue weighted by atomic mass is 10.1. The summed E-state index contributed by atoms with van der Waals surface area (Å²) in [6.45, 7) is 6.18. The van der Waals surface area contributed by atoms with Gasteiger partial charge in [0.05, 0.1) is 39.0 Å². The molecule has 1 atom stereocenters. The Hall–Kier alpha value is -4.77. The lowest BCUT2D eigenvalue weighted by Crippen LogP contribution is -2.46. The monoisotopic (exact) mass is 798 g/mol. The number of amides is 3. The number of carbonyl (C=O) groups excluding carboxylic acids is 3. The minimum Gasteiger partial charge on any atom is -0.481 e. The highest BCUT2D eigenvalue weighted by molar-refractivity contribution is 5.83. The third-order valence-electron chi connectivity index (χ3n) is 8.88. The number of ketones is 1. The molecule has 0 radical (unpaired) electrons. The van der Waals surface area contributed by atoms with Crippen LogP contribution in [0, 0.1) is 0 Å². The van der Waals surface area contributed by atoms with Crippen molar-refractivity contribution < 1.29 is 58.7 Å². The molecule has 22 nitrogen and oxygen atoms in total. The molecule has 3 amide bonds. The maximum Gasteiger partial charge on any atom is 0.326 e. The standard InChI is InChI=1S/C34H58N10O12/c1-39-10-11-40(2)13-15-42(24-31(49)50)17-16-41(14-12-39)23-27(45)5-4-19-56-20-18-44-22-26(37-38-44)21-43(25-32(51)52)29(46)6-3-9-35-34(55)36-28(33(53)54)7-8-30(47)48/h22,28H,3-21,23-25H2,1-2H3,(H,47,48)(H,49,50)(H,51,52)(H,53,54)(H2,35,36,55)/t28-/m0/s1. The fraction of sp³-hybridized carbons (Fsp3) is 0.735. The van der Waals surface area contributed by atoms with Gasteiger partial charge in [-0.05, 0) is 33.4 Å². The van der Waals surface area contributed by atoms with Gasteiger partial charge in [-0.3, -0.25) is 33.8 Å². The van der Waals surface area contributed by atoms with Crippen molar-refractivity contribution in [2.24, 2.45) is 0 Å². The highest BCUT2D eigenvalue weighted by Crippen LogP contribution is 2.06. The molecule has 1 aliphatic heterocycles. The first-order valence-electron chi connectivity index (χ1n) is 18.6. The Balaban J connectivity index is 1.73. The topological polar surface area (TPSA) is 281 Å². The second-order valence-corrected chi connectivity index (χ2v) is 13.8. The normalized spacial score (nSPS) is 15.9. The number of hydrogen-bond acceptors (Lipinski definition) is 14. The highest BCUT2D eigenvalue weighted by atomic mass is 16.5. The number of rotatable bonds is 24. The summed E-state index contributed by atoms with van der Waals surface area (Å²) >= 11 is 0. The Morgan fingerprint density at radius 1 is 0.786 bits per heavy atom. The van der Waals surface area contributed by atoms with Crippen LogP contribution in [-0.4, -0.2) is 213 Å². The van der Waals surface area contributed by atoms with E-state index in [0.717, 1.165) is 31.1 Å². The van der Waals surface area contributed by atoms with Gasteiger partial charge in [-0.2, -0.15) is 0 Å². The van der Waals surface area contributed by atoms with Crippen LogP contribution in [0.2, 0.25) is 0 Å². The number of aliphatic carboxylic acids is 4. The Labute approximate surface area is 325 Å². The first-order valence-corrected chi connectivity index (χ1v) is 18.6. The summed E-state index contributed by atoms with van der Waals surface area (Å²) in [6.07, 6.45) is 1.65. The summed E-state index contributed by atoms with van der Waals surface area (Å²) in [6, 6.07) is -2.25. The van der Waals surface area contributed by atoms with Crippen molar-refractivity contribution in [3.8, 4) is 0 Å². The summed E-state index contributed by atoms with van der Waals surface area (Å²) < 4.78 is 7.19. The predicted octanol–water partition coefficient (Wildman–Crippen LogP) is -1.98. The lowest BCUT2D eigenvalue weighted by Gasteiger charge is -2.31. The summed E-state index contributed by atoms with van der Waals surface area (Å²) in [4.78, 5) is 92.0. The zero-order valence-corrected chi connectivity index (χ0v) is 32.3. The largest absolute Gasteiger partial charge is 0.481 e. The Morgan fingerprint density at radius 2 is 1.41 bits per heavy atom. The van der Waals surface area contributed by atoms with Crippen LogP contribution in [0.4, 0.5) is 4.79 Å². The van der Waals surface area contributed by atoms with Gasteiger partial charge in [-0.25, -0.2) is 14.3 Å². The number of urea groups is 1. The van der Waals surface area contributed by atoms with E-state index >= 15 is 0 Å². The van der Waals surface area contributed by atoms with Gasteiger partial charge < -0.3 is 50.5 Å². The fourth-order valence-corrected chi connectivity index (χ4v) is 5.61. The van der Waals surface area contributed by atoms with E-state index in [-0.39, 0.29) is 57.8 Å². The number of nitrogens with zero attached hydrogens (tertiary/aromatic N) is 8. The van der Waals surface area contributed by atoms with E-state index in [1.807, 2.05) is 11.9 Å². The molecule has 2 rings (SSSR count). The zero-order chi connectivity index (χ0) is 41.5. The molecule has 0 aliphatic carbocycles. The van der Waals surface area contributed by atoms with E-state index in [0.29, 0.717) is 57.9 Å². The SMILES string of the molecule is CN1CCN(C)CCN(CC(=O)CCCOCCn2cc(CN(CC(=O)O)C(=O)CCCNC(=O)N[C@@H](CCC(=O)O)C(=O)O)nn2)CCN(CC(=O)O)CC1. The van der Waals surface area contributed by atoms with Crippen molar-refractivity contribution in [1.29, 1.82) is 0 Å². The van der Waals surface area contributed by atoms with E-state index in [2.05, 4.69) is 42.7 Å². The van der Waals surface area contributed by atoms with Crippen molar-refractivity contribution in [2.75, 3.05) is 106 Å². The maximum atomic E-state index is 12.9. The molecule has 22 heteroatoms. The van der Waals surface area contributed by atoms with E-state index < -0.39 is 54.8 Å². The number of aromatic nitrogens is 3. The molecule has 6 N–H and O–H groups in total. The summed E-state index contributed by atoms with van der Waals surface area (Å²) in [5, 5.41) is 49.2. The van der Waals surface area contributed by atoms with E-state index in [9.17, 15) is 43.8 Å². The molecule has 1 aromatic heterocycles. The van der Waals surface area contributed by atoms with Crippen molar-refractivity contribution >= 4 is 41.6 Å². The number of carbonyl (C=O) groups is 7. The fourth-order valence-electron chi connectivity index (χ4n) is 5.61. The lowest BCUT2D eigenvalue weighted by molar-refractivity contribution is -0.145. The van der Waals surface area contributed by atoms with Gasteiger partial charge in [0.1, 0.15) is 24.1 Å². The van der Waals surface area contributed by atoms with Crippen molar-refractivity contribution in [1.82, 2.24) is 50.1 Å². The second kappa shape index (κ2) is 26.2. The highest BCUT2D eigenvalue weighted by Gasteiger charge is 2.22. The molecule has 0 bridgehead atoms. The summed E-state index contributed by atoms with van der Waals surface area (Å²) in [7, 11) is 4.08. The number of carboxylic acid groups (broad SMARTS) is 4. The molecular weight excluding hydrogens is 740 g/mol. The van der Waals surface area contributed by atoms with Gasteiger partial charge in [0, 0.05) is 84.8 Å². The molecule has 1 aromatic rings. The quantitative estimate of drug-likeness (QED) is 0.0618. The summed E-state index contributed by atoms with van der Waals surface area (Å²) in [5.41, 5.74) is 0.343. The third kappa shape index (κ3) is 21.4. The molecule has 0 aromatic carbocycles. The number of Topliss-reactive ketones (excluding diaryl/α,β-unsaturated/α-hetero) is 1. The average Bonchev–Trinajstić information content (AvgIpc) is 3.57. The number of hydrogen-bond donors (Lipinski definition) is 6. The molecule has 2 heterocycles. The van der Waals surface area contributed by atoms with Crippen molar-refractivity contribution in [3.63, 3.8) is 0 Å². The van der Waals surface area contributed by atoms with Crippen LogP contribution >= 0.6 is 0 Å². The van der Waals surface area contributed by atoms with Crippen LogP contribution in [0.25, 0.3) is 0 Å². The molecule has 56 heavy (non-hydrogen) atoms. The minimum absolute atomic E-state index is 0.0300. The molecule has 316 valence electrons. The van der Waals surface area contributed by atoms with Gasteiger partial charge in [0.15, 0.2) is 0 Å². The Morgan fingerprint density at radius 3 is 2.02 bits per heavy atom. The number of ether oxygens (including phenoxy) is 1. The molecule has 0 unspecified atom stereocenters. The van der Waals surface area contributed by atoms with Crippen LogP contribution < -0.4 is 10.6 Å². The molecular formula is C34H58N10O12. The zero-order valence-electron chi connectivity index (χ0n) is 32.3. The van der Waals surface area contributed by atoms with E-state index in [4.69, 9.17) is 14.9 Å². The van der Waals surface area contributed by atoms with Gasteiger partial charge in [-0.15, -0.1) is 5.10 Å². The number of carboxylic acids is 4. The van der Waals surface area contributed by atoms with Crippen LogP contribution in [-0.2, 0) is 46.6 Å². The summed E-state index contributed by atoms with van der Waals surface area (Å²) in [5.74, 6) is -5.15. The van der Waals surface area contributed by atoms with Crippen LogP contribution in [0.5, 0.6) is 0 Å². The first-order chi connectivity index (χ1) is 26.6. The van der Waals surface area contributed by atoms with Crippen molar-refractivity contribution in [3.05, 3.63) is 11.9 Å². The van der Waals surface area contributed by atoms with E-state index in [1.54, 1.807) is 6.20 Å². The molecule has 0 spiro atoms. The Kier molecular flexibility index (Phi) is 22.1. The predicted molar refractivity (Wildman–Crippen MR) is 198 cm³/mol. The van der Waals surface area contributed by atoms with Gasteiger partial charge in [0.2, 0.25) is 5.91 Å². The Bertz CT molecular complexity index is 1430. The van der Waals surface area contributed by atoms with E-state index in [1.165, 1.54) is 4.68 Å². The number of nitrogens with one attached hydrogen (secondary N) is 2. The molecule has 1 saturated heterocycles. The smallest absolute Gasteiger partial charge is 0.326 e. The molecule has 1 fully saturated rings. The van der Waals surface area contributed by atoms with Crippen LogP contribution in [0.1, 0.15) is 44.2 Å². The third-order valence-corrected chi connectivity index (χ3v) is 8.88. The maximum absolute atomic E-state index is 12.9. The van der Waals surface area contributed by atoms with Gasteiger partial charge >= 0.3 is 29.9 Å². The van der Waals surface area contributed by atoms with Gasteiger partial charge in [-0.1, -0.05) is 5.21 Å². The van der Waals surface area contributed by atoms with Crippen LogP contribution in [0.3, 0.4) is 0 Å². The van der Waals surface area contributed by atoms with Crippen LogP contribution in [0.15, 0.2) is 6.20 Å². The molecule has 1 aliphatic rings. The second-order valence-electron chi connectivity index (χ2n) is 13.8. The first kappa shape index (κ1) is 47.4. The number of likely N-dealkylation sites (N-methyl/N-ethyl adjacent to an activating group) is 2. The molecule has 0 saturated carbocycles. The average molecular weight is 799 g/mol. The minimum atomic E-state index is -1.40. The van der Waals surface area contributed by atoms with Crippen molar-refractivity contribution in [2.45, 2.75) is 57.7 Å².